The number of esters is 1. The highest BCUT2D eigenvalue weighted by Gasteiger charge is 2.35. The van der Waals surface area contributed by atoms with E-state index < -0.39 is 12.0 Å². The first-order valence-corrected chi connectivity index (χ1v) is 12.0. The van der Waals surface area contributed by atoms with Gasteiger partial charge in [0, 0.05) is 21.3 Å². The molecule has 0 bridgehead atoms. The molecule has 2 aromatic carbocycles. The third-order valence-corrected chi connectivity index (χ3v) is 5.93. The maximum absolute atomic E-state index is 13.1. The molecule has 0 saturated heterocycles. The summed E-state index contributed by atoms with van der Waals surface area (Å²) in [7, 11) is 0. The summed E-state index contributed by atoms with van der Waals surface area (Å²) in [5.41, 5.74) is 2.66. The Morgan fingerprint density at radius 3 is 2.66 bits per heavy atom. The van der Waals surface area contributed by atoms with E-state index in [2.05, 4.69) is 15.4 Å². The molecule has 1 aliphatic rings. The Morgan fingerprint density at radius 2 is 1.94 bits per heavy atom. The van der Waals surface area contributed by atoms with Crippen LogP contribution in [0.4, 0.5) is 5.95 Å². The molecule has 0 saturated carbocycles. The van der Waals surface area contributed by atoms with E-state index in [0.717, 1.165) is 11.1 Å². The molecule has 4 rings (SSSR count). The number of ether oxygens (including phenoxy) is 3. The van der Waals surface area contributed by atoms with Gasteiger partial charge in [0.25, 0.3) is 0 Å². The number of allylic oxidation sites excluding steroid dienone is 1. The smallest absolute Gasteiger partial charge is 0.338 e. The van der Waals surface area contributed by atoms with Crippen LogP contribution in [-0.4, -0.2) is 33.4 Å². The van der Waals surface area contributed by atoms with Crippen LogP contribution in [0.5, 0.6) is 11.5 Å². The van der Waals surface area contributed by atoms with Gasteiger partial charge < -0.3 is 19.5 Å². The van der Waals surface area contributed by atoms with E-state index in [1.807, 2.05) is 52.0 Å². The molecule has 35 heavy (non-hydrogen) atoms. The minimum Gasteiger partial charge on any atom is -0.490 e. The predicted molar refractivity (Wildman–Crippen MR) is 134 cm³/mol. The number of carbonyl (C=O) groups is 1. The standard InChI is InChI=1S/C25H26Cl2N4O4/c1-5-33-21-10-16(7-9-20(21)34-12-17-6-8-18(26)11-19(17)27)23-22(24(32)35-14(2)3)15(4)30-25-28-13-29-31(23)25/h6-11,13-14,23H,5,12H2,1-4H3,(H,28,29,30). The van der Waals surface area contributed by atoms with Gasteiger partial charge >= 0.3 is 5.97 Å². The maximum Gasteiger partial charge on any atom is 0.338 e. The minimum atomic E-state index is -0.557. The van der Waals surface area contributed by atoms with E-state index in [4.69, 9.17) is 37.4 Å². The average Bonchev–Trinajstić information content (AvgIpc) is 3.26. The SMILES string of the molecule is CCOc1cc(C2C(C(=O)OC(C)C)=C(C)Nc3ncnn32)ccc1OCc1ccc(Cl)cc1Cl. The normalized spacial score (nSPS) is 15.0. The molecule has 0 fully saturated rings. The van der Waals surface area contributed by atoms with Crippen LogP contribution in [0.25, 0.3) is 0 Å². The van der Waals surface area contributed by atoms with Gasteiger partial charge in [-0.1, -0.05) is 35.3 Å². The summed E-state index contributed by atoms with van der Waals surface area (Å²) in [6, 6.07) is 10.2. The topological polar surface area (TPSA) is 87.5 Å². The molecule has 1 unspecified atom stereocenters. The summed E-state index contributed by atoms with van der Waals surface area (Å²) >= 11 is 12.3. The molecule has 10 heteroatoms. The second kappa shape index (κ2) is 10.6. The average molecular weight is 517 g/mol. The number of fused-ring (bicyclic) bond motifs is 1. The number of anilines is 1. The van der Waals surface area contributed by atoms with Crippen LogP contribution in [0.2, 0.25) is 10.0 Å². The summed E-state index contributed by atoms with van der Waals surface area (Å²) in [4.78, 5) is 17.3. The van der Waals surface area contributed by atoms with Crippen molar-refractivity contribution in [1.82, 2.24) is 14.8 Å². The minimum absolute atomic E-state index is 0.237. The number of aromatic nitrogens is 3. The van der Waals surface area contributed by atoms with Gasteiger partial charge in [-0.05, 0) is 57.5 Å². The van der Waals surface area contributed by atoms with Crippen LogP contribution in [0, 0.1) is 0 Å². The van der Waals surface area contributed by atoms with E-state index in [1.165, 1.54) is 6.33 Å². The van der Waals surface area contributed by atoms with Crippen LogP contribution in [0.15, 0.2) is 54.0 Å². The highest BCUT2D eigenvalue weighted by molar-refractivity contribution is 6.35. The third-order valence-electron chi connectivity index (χ3n) is 5.34. The Morgan fingerprint density at radius 1 is 1.14 bits per heavy atom. The molecule has 1 N–H and O–H groups in total. The van der Waals surface area contributed by atoms with Crippen molar-refractivity contribution < 1.29 is 19.0 Å². The molecule has 2 heterocycles. The molecule has 0 aliphatic carbocycles. The number of hydrogen-bond donors (Lipinski definition) is 1. The fourth-order valence-electron chi connectivity index (χ4n) is 3.82. The van der Waals surface area contributed by atoms with Crippen molar-refractivity contribution in [2.24, 2.45) is 0 Å². The number of rotatable bonds is 8. The molecule has 1 aromatic heterocycles. The van der Waals surface area contributed by atoms with Gasteiger partial charge in [-0.15, -0.1) is 0 Å². The van der Waals surface area contributed by atoms with Crippen LogP contribution in [0.1, 0.15) is 44.9 Å². The Kier molecular flexibility index (Phi) is 7.52. The lowest BCUT2D eigenvalue weighted by Gasteiger charge is -2.29. The summed E-state index contributed by atoms with van der Waals surface area (Å²) in [6.45, 7) is 8.00. The fourth-order valence-corrected chi connectivity index (χ4v) is 4.28. The Hall–Kier alpha value is -3.23. The van der Waals surface area contributed by atoms with Crippen molar-refractivity contribution in [3.63, 3.8) is 0 Å². The molecule has 8 nitrogen and oxygen atoms in total. The van der Waals surface area contributed by atoms with Gasteiger partial charge in [-0.25, -0.2) is 9.48 Å². The number of benzene rings is 2. The predicted octanol–water partition coefficient (Wildman–Crippen LogP) is 5.80. The molecule has 0 spiro atoms. The van der Waals surface area contributed by atoms with Gasteiger partial charge in [0.1, 0.15) is 19.0 Å². The van der Waals surface area contributed by atoms with Gasteiger partial charge in [0.05, 0.1) is 18.3 Å². The highest BCUT2D eigenvalue weighted by Crippen LogP contribution is 2.39. The lowest BCUT2D eigenvalue weighted by molar-refractivity contribution is -0.143. The van der Waals surface area contributed by atoms with Crippen molar-refractivity contribution in [3.05, 3.63) is 75.2 Å². The number of nitrogens with zero attached hydrogens (tertiary/aromatic N) is 3. The van der Waals surface area contributed by atoms with Crippen molar-refractivity contribution in [2.45, 2.75) is 46.4 Å². The zero-order valence-corrected chi connectivity index (χ0v) is 21.4. The first-order valence-electron chi connectivity index (χ1n) is 11.2. The Bertz CT molecular complexity index is 1270. The fraction of sp³-hybridized carbons (Fsp3) is 0.320. The second-order valence-electron chi connectivity index (χ2n) is 8.21. The van der Waals surface area contributed by atoms with E-state index >= 15 is 0 Å². The van der Waals surface area contributed by atoms with Crippen molar-refractivity contribution in [2.75, 3.05) is 11.9 Å². The zero-order valence-electron chi connectivity index (χ0n) is 19.8. The number of hydrogen-bond acceptors (Lipinski definition) is 7. The van der Waals surface area contributed by atoms with Gasteiger partial charge in [0.2, 0.25) is 5.95 Å². The molecule has 184 valence electrons. The second-order valence-corrected chi connectivity index (χ2v) is 9.06. The van der Waals surface area contributed by atoms with Crippen LogP contribution in [0.3, 0.4) is 0 Å². The van der Waals surface area contributed by atoms with Crippen molar-refractivity contribution in [3.8, 4) is 11.5 Å². The molecule has 1 aliphatic heterocycles. The van der Waals surface area contributed by atoms with E-state index in [1.54, 1.807) is 16.8 Å². The quantitative estimate of drug-likeness (QED) is 0.378. The molecule has 0 amide bonds. The summed E-state index contributed by atoms with van der Waals surface area (Å²) in [5.74, 6) is 1.18. The maximum atomic E-state index is 13.1. The van der Waals surface area contributed by atoms with E-state index in [9.17, 15) is 4.79 Å². The van der Waals surface area contributed by atoms with Crippen LogP contribution in [-0.2, 0) is 16.1 Å². The van der Waals surface area contributed by atoms with E-state index in [0.29, 0.717) is 45.4 Å². The molecule has 3 aromatic rings. The lowest BCUT2D eigenvalue weighted by Crippen LogP contribution is -2.30. The first-order chi connectivity index (χ1) is 16.8. The summed E-state index contributed by atoms with van der Waals surface area (Å²) in [6.07, 6.45) is 1.17. The van der Waals surface area contributed by atoms with Gasteiger partial charge in [0.15, 0.2) is 11.5 Å². The van der Waals surface area contributed by atoms with Crippen LogP contribution < -0.4 is 14.8 Å². The highest BCUT2D eigenvalue weighted by atomic mass is 35.5. The number of nitrogens with one attached hydrogen (secondary N) is 1. The number of halogens is 2. The van der Waals surface area contributed by atoms with Gasteiger partial charge in [-0.2, -0.15) is 10.1 Å². The molecule has 1 atom stereocenters. The summed E-state index contributed by atoms with van der Waals surface area (Å²) in [5, 5.41) is 8.57. The van der Waals surface area contributed by atoms with Gasteiger partial charge in [-0.3, -0.25) is 0 Å². The summed E-state index contributed by atoms with van der Waals surface area (Å²) < 4.78 is 19.1. The third kappa shape index (κ3) is 5.39. The van der Waals surface area contributed by atoms with Crippen molar-refractivity contribution in [1.29, 1.82) is 0 Å². The monoisotopic (exact) mass is 516 g/mol. The largest absolute Gasteiger partial charge is 0.490 e. The van der Waals surface area contributed by atoms with E-state index in [-0.39, 0.29) is 12.7 Å². The lowest BCUT2D eigenvalue weighted by atomic mass is 9.95. The zero-order chi connectivity index (χ0) is 25.1. The first kappa shape index (κ1) is 24.9. The molecular formula is C25H26Cl2N4O4. The Labute approximate surface area is 213 Å². The van der Waals surface area contributed by atoms with Crippen LogP contribution >= 0.6 is 23.2 Å². The molecule has 0 radical (unpaired) electrons. The number of carbonyl (C=O) groups excluding carboxylic acids is 1. The Balaban J connectivity index is 1.70. The van der Waals surface area contributed by atoms with Crippen molar-refractivity contribution >= 4 is 35.1 Å². The molecular weight excluding hydrogens is 491 g/mol.